The van der Waals surface area contributed by atoms with Gasteiger partial charge in [0.05, 0.1) is 19.3 Å². The highest BCUT2D eigenvalue weighted by Crippen LogP contribution is 2.25. The Balaban J connectivity index is 2.01. The Morgan fingerprint density at radius 3 is 2.90 bits per heavy atom. The van der Waals surface area contributed by atoms with Gasteiger partial charge in [-0.15, -0.1) is 0 Å². The molecule has 6 heteroatoms. The molecule has 0 aliphatic heterocycles. The van der Waals surface area contributed by atoms with Crippen molar-refractivity contribution in [2.24, 2.45) is 0 Å². The second-order valence-corrected chi connectivity index (χ2v) is 4.78. The maximum absolute atomic E-state index is 11.4. The molecular formula is C15H19NO5. The number of fused-ring (bicyclic) bond motifs is 1. The number of benzene rings is 1. The summed E-state index contributed by atoms with van der Waals surface area (Å²) in [6.45, 7) is 1.13. The predicted octanol–water partition coefficient (Wildman–Crippen LogP) is 1.62. The summed E-state index contributed by atoms with van der Waals surface area (Å²) in [5.41, 5.74) is 0.752. The standard InChI is InChI=1S/C15H19NO5/c1-20-9-10(17)6-7-16-8-13-14(15(18)19)11-4-2-3-5-12(11)21-13/h2-5,10,16-17H,6-9H2,1H3,(H,18,19). The van der Waals surface area contributed by atoms with Crippen LogP contribution < -0.4 is 5.32 Å². The van der Waals surface area contributed by atoms with Crippen molar-refractivity contribution in [1.29, 1.82) is 0 Å². The minimum absolute atomic E-state index is 0.190. The highest BCUT2D eigenvalue weighted by Gasteiger charge is 2.19. The normalized spacial score (nSPS) is 12.7. The molecule has 0 amide bonds. The number of carbonyl (C=O) groups is 1. The number of rotatable bonds is 8. The smallest absolute Gasteiger partial charge is 0.339 e. The fourth-order valence-electron chi connectivity index (χ4n) is 2.20. The van der Waals surface area contributed by atoms with E-state index in [1.54, 1.807) is 24.3 Å². The number of carboxylic acid groups (broad SMARTS) is 1. The van der Waals surface area contributed by atoms with E-state index in [0.717, 1.165) is 0 Å². The molecule has 3 N–H and O–H groups in total. The first kappa shape index (κ1) is 15.5. The molecule has 0 bridgehead atoms. The van der Waals surface area contributed by atoms with E-state index in [4.69, 9.17) is 9.15 Å². The highest BCUT2D eigenvalue weighted by molar-refractivity contribution is 6.03. The van der Waals surface area contributed by atoms with Crippen LogP contribution in [0.25, 0.3) is 11.0 Å². The van der Waals surface area contributed by atoms with Gasteiger partial charge in [-0.25, -0.2) is 4.79 Å². The van der Waals surface area contributed by atoms with E-state index in [1.165, 1.54) is 7.11 Å². The van der Waals surface area contributed by atoms with E-state index in [2.05, 4.69) is 5.32 Å². The van der Waals surface area contributed by atoms with Crippen molar-refractivity contribution in [3.8, 4) is 0 Å². The van der Waals surface area contributed by atoms with Crippen LogP contribution in [0.3, 0.4) is 0 Å². The van der Waals surface area contributed by atoms with Gasteiger partial charge in [-0.3, -0.25) is 0 Å². The van der Waals surface area contributed by atoms with Gasteiger partial charge in [0.2, 0.25) is 0 Å². The van der Waals surface area contributed by atoms with E-state index in [-0.39, 0.29) is 12.2 Å². The molecular weight excluding hydrogens is 274 g/mol. The van der Waals surface area contributed by atoms with E-state index >= 15 is 0 Å². The summed E-state index contributed by atoms with van der Waals surface area (Å²) >= 11 is 0. The molecule has 1 atom stereocenters. The van der Waals surface area contributed by atoms with Crippen LogP contribution in [0.1, 0.15) is 22.5 Å². The summed E-state index contributed by atoms with van der Waals surface area (Å²) in [5, 5.41) is 22.5. The maximum Gasteiger partial charge on any atom is 0.339 e. The van der Waals surface area contributed by atoms with Crippen LogP contribution in [0.5, 0.6) is 0 Å². The lowest BCUT2D eigenvalue weighted by molar-refractivity contribution is 0.0592. The number of aliphatic hydroxyl groups is 1. The molecule has 2 rings (SSSR count). The average molecular weight is 293 g/mol. The number of para-hydroxylation sites is 1. The molecule has 0 saturated heterocycles. The van der Waals surface area contributed by atoms with Crippen molar-refractivity contribution in [3.63, 3.8) is 0 Å². The lowest BCUT2D eigenvalue weighted by atomic mass is 10.1. The Hall–Kier alpha value is -1.89. The monoisotopic (exact) mass is 293 g/mol. The number of methoxy groups -OCH3 is 1. The van der Waals surface area contributed by atoms with Crippen molar-refractivity contribution in [2.45, 2.75) is 19.1 Å². The fraction of sp³-hybridized carbons (Fsp3) is 0.400. The van der Waals surface area contributed by atoms with Crippen molar-refractivity contribution < 1.29 is 24.2 Å². The first-order chi connectivity index (χ1) is 10.1. The third kappa shape index (κ3) is 3.81. The quantitative estimate of drug-likeness (QED) is 0.641. The van der Waals surface area contributed by atoms with Crippen molar-refractivity contribution in [3.05, 3.63) is 35.6 Å². The van der Waals surface area contributed by atoms with Crippen LogP contribution in [-0.4, -0.2) is 42.5 Å². The van der Waals surface area contributed by atoms with Crippen molar-refractivity contribution in [2.75, 3.05) is 20.3 Å². The molecule has 0 spiro atoms. The number of ether oxygens (including phenoxy) is 1. The molecule has 21 heavy (non-hydrogen) atoms. The average Bonchev–Trinajstić information content (AvgIpc) is 2.82. The number of aliphatic hydroxyl groups excluding tert-OH is 1. The molecule has 0 aliphatic rings. The van der Waals surface area contributed by atoms with Crippen molar-refractivity contribution >= 4 is 16.9 Å². The number of nitrogens with one attached hydrogen (secondary N) is 1. The summed E-state index contributed by atoms with van der Waals surface area (Å²) < 4.78 is 10.4. The molecule has 1 heterocycles. The summed E-state index contributed by atoms with van der Waals surface area (Å²) in [5.74, 6) is -0.610. The van der Waals surface area contributed by atoms with Gasteiger partial charge in [-0.2, -0.15) is 0 Å². The number of furan rings is 1. The molecule has 0 saturated carbocycles. The highest BCUT2D eigenvalue weighted by atomic mass is 16.5. The Kier molecular flexibility index (Phi) is 5.32. The van der Waals surface area contributed by atoms with E-state index < -0.39 is 12.1 Å². The van der Waals surface area contributed by atoms with E-state index in [9.17, 15) is 15.0 Å². The van der Waals surface area contributed by atoms with Gasteiger partial charge >= 0.3 is 5.97 Å². The van der Waals surface area contributed by atoms with E-state index in [0.29, 0.717) is 36.2 Å². The van der Waals surface area contributed by atoms with Crippen LogP contribution in [-0.2, 0) is 11.3 Å². The zero-order valence-electron chi connectivity index (χ0n) is 11.8. The third-order valence-electron chi connectivity index (χ3n) is 3.18. The van der Waals surface area contributed by atoms with Crippen LogP contribution in [0, 0.1) is 0 Å². The van der Waals surface area contributed by atoms with Crippen LogP contribution in [0.4, 0.5) is 0 Å². The summed E-state index contributed by atoms with van der Waals surface area (Å²) in [7, 11) is 1.53. The van der Waals surface area contributed by atoms with Gasteiger partial charge in [-0.1, -0.05) is 18.2 Å². The minimum Gasteiger partial charge on any atom is -0.478 e. The largest absolute Gasteiger partial charge is 0.478 e. The lowest BCUT2D eigenvalue weighted by Gasteiger charge is -2.09. The third-order valence-corrected chi connectivity index (χ3v) is 3.18. The molecule has 0 radical (unpaired) electrons. The molecule has 1 unspecified atom stereocenters. The molecule has 6 nitrogen and oxygen atoms in total. The Labute approximate surface area is 122 Å². The van der Waals surface area contributed by atoms with Crippen LogP contribution in [0.15, 0.2) is 28.7 Å². The Morgan fingerprint density at radius 2 is 2.19 bits per heavy atom. The van der Waals surface area contributed by atoms with Gasteiger partial charge in [0.25, 0.3) is 0 Å². The number of hydrogen-bond donors (Lipinski definition) is 3. The first-order valence-corrected chi connectivity index (χ1v) is 6.75. The van der Waals surface area contributed by atoms with Crippen molar-refractivity contribution in [1.82, 2.24) is 5.32 Å². The van der Waals surface area contributed by atoms with Gasteiger partial charge in [-0.05, 0) is 19.0 Å². The summed E-state index contributed by atoms with van der Waals surface area (Å²) in [6.07, 6.45) is -0.00617. The van der Waals surface area contributed by atoms with Gasteiger partial charge in [0, 0.05) is 12.5 Å². The van der Waals surface area contributed by atoms with Gasteiger partial charge in [0.15, 0.2) is 0 Å². The number of hydrogen-bond acceptors (Lipinski definition) is 5. The second-order valence-electron chi connectivity index (χ2n) is 4.78. The molecule has 1 aromatic heterocycles. The Bertz CT molecular complexity index is 607. The molecule has 114 valence electrons. The number of aromatic carboxylic acids is 1. The van der Waals surface area contributed by atoms with Crippen LogP contribution >= 0.6 is 0 Å². The molecule has 2 aromatic rings. The first-order valence-electron chi connectivity index (χ1n) is 6.75. The zero-order valence-corrected chi connectivity index (χ0v) is 11.8. The molecule has 0 aliphatic carbocycles. The molecule has 0 fully saturated rings. The molecule has 1 aromatic carbocycles. The van der Waals surface area contributed by atoms with Crippen LogP contribution in [0.2, 0.25) is 0 Å². The van der Waals surface area contributed by atoms with Gasteiger partial charge < -0.3 is 24.7 Å². The summed E-state index contributed by atoms with van der Waals surface area (Å²) in [6, 6.07) is 7.06. The SMILES string of the molecule is COCC(O)CCNCc1oc2ccccc2c1C(=O)O. The fourth-order valence-corrected chi connectivity index (χ4v) is 2.20. The minimum atomic E-state index is -1.00. The van der Waals surface area contributed by atoms with Gasteiger partial charge in [0.1, 0.15) is 16.9 Å². The lowest BCUT2D eigenvalue weighted by Crippen LogP contribution is -2.23. The maximum atomic E-state index is 11.4. The summed E-state index contributed by atoms with van der Waals surface area (Å²) in [4.78, 5) is 11.4. The Morgan fingerprint density at radius 1 is 1.43 bits per heavy atom. The topological polar surface area (TPSA) is 91.9 Å². The predicted molar refractivity (Wildman–Crippen MR) is 77.4 cm³/mol. The second kappa shape index (κ2) is 7.21. The van der Waals surface area contributed by atoms with E-state index in [1.807, 2.05) is 0 Å². The zero-order chi connectivity index (χ0) is 15.2. The number of carboxylic acids is 1.